The summed E-state index contributed by atoms with van der Waals surface area (Å²) in [6.45, 7) is 0. The van der Waals surface area contributed by atoms with E-state index in [1.54, 1.807) is 18.2 Å². The largest absolute Gasteiger partial charge is 0.459 e. The van der Waals surface area contributed by atoms with Gasteiger partial charge < -0.3 is 9.73 Å². The van der Waals surface area contributed by atoms with Crippen LogP contribution in [0.3, 0.4) is 0 Å². The Bertz CT molecular complexity index is 618. The molecular weight excluding hydrogens is 256 g/mol. The lowest BCUT2D eigenvalue weighted by Crippen LogP contribution is -2.10. The number of anilines is 1. The molecule has 0 saturated heterocycles. The van der Waals surface area contributed by atoms with Gasteiger partial charge in [-0.3, -0.25) is 4.79 Å². The number of benzene rings is 1. The number of carbonyl (C=O) groups is 1. The topological polar surface area (TPSA) is 91.0 Å². The highest BCUT2D eigenvalue weighted by Crippen LogP contribution is 2.27. The van der Waals surface area contributed by atoms with Gasteiger partial charge in [0.15, 0.2) is 5.76 Å². The van der Waals surface area contributed by atoms with E-state index in [9.17, 15) is 4.79 Å². The Hall–Kier alpha value is -2.43. The normalized spacial score (nSPS) is 9.61. The van der Waals surface area contributed by atoms with Crippen molar-refractivity contribution in [3.63, 3.8) is 0 Å². The predicted octanol–water partition coefficient (Wildman–Crippen LogP) is 4.13. The summed E-state index contributed by atoms with van der Waals surface area (Å²) >= 11 is 5.94. The molecule has 1 heterocycles. The molecule has 0 radical (unpaired) electrons. The third kappa shape index (κ3) is 2.63. The molecule has 0 spiro atoms. The number of amides is 1. The Balaban J connectivity index is 2.20. The highest BCUT2D eigenvalue weighted by molar-refractivity contribution is 6.34. The van der Waals surface area contributed by atoms with Gasteiger partial charge in [-0.25, -0.2) is 0 Å². The van der Waals surface area contributed by atoms with Gasteiger partial charge in [-0.05, 0) is 29.8 Å². The maximum absolute atomic E-state index is 11.7. The zero-order valence-corrected chi connectivity index (χ0v) is 9.76. The van der Waals surface area contributed by atoms with Crippen molar-refractivity contribution in [1.82, 2.24) is 0 Å². The van der Waals surface area contributed by atoms with E-state index >= 15 is 0 Å². The average Bonchev–Trinajstić information content (AvgIpc) is 2.86. The molecular formula is C11H7ClN4O2. The monoisotopic (exact) mass is 262 g/mol. The van der Waals surface area contributed by atoms with Gasteiger partial charge in [0.25, 0.3) is 5.91 Å². The van der Waals surface area contributed by atoms with Gasteiger partial charge in [-0.1, -0.05) is 22.8 Å². The van der Waals surface area contributed by atoms with Crippen LogP contribution in [0, 0.1) is 0 Å². The molecule has 90 valence electrons. The van der Waals surface area contributed by atoms with E-state index < -0.39 is 5.91 Å². The van der Waals surface area contributed by atoms with Crippen LogP contribution in [0.25, 0.3) is 10.4 Å². The van der Waals surface area contributed by atoms with Crippen LogP contribution in [-0.2, 0) is 0 Å². The smallest absolute Gasteiger partial charge is 0.291 e. The van der Waals surface area contributed by atoms with Crippen molar-refractivity contribution in [1.29, 1.82) is 0 Å². The lowest BCUT2D eigenvalue weighted by Gasteiger charge is -2.05. The van der Waals surface area contributed by atoms with Crippen LogP contribution >= 0.6 is 11.6 Å². The molecule has 2 rings (SSSR count). The lowest BCUT2D eigenvalue weighted by molar-refractivity contribution is 0.0996. The summed E-state index contributed by atoms with van der Waals surface area (Å²) in [6.07, 6.45) is 1.40. The Morgan fingerprint density at radius 2 is 2.28 bits per heavy atom. The first-order valence-corrected chi connectivity index (χ1v) is 5.28. The summed E-state index contributed by atoms with van der Waals surface area (Å²) in [6, 6.07) is 7.70. The minimum absolute atomic E-state index is 0.185. The van der Waals surface area contributed by atoms with Gasteiger partial charge in [0.1, 0.15) is 0 Å². The molecule has 0 aliphatic carbocycles. The molecule has 1 N–H and O–H groups in total. The number of azide groups is 1. The second kappa shape index (κ2) is 5.27. The molecule has 0 aliphatic heterocycles. The van der Waals surface area contributed by atoms with E-state index in [2.05, 4.69) is 15.3 Å². The van der Waals surface area contributed by atoms with Gasteiger partial charge in [0.05, 0.1) is 17.0 Å². The molecule has 2 aromatic rings. The third-order valence-corrected chi connectivity index (χ3v) is 2.42. The third-order valence-electron chi connectivity index (χ3n) is 2.11. The highest BCUT2D eigenvalue weighted by Gasteiger charge is 2.10. The number of furan rings is 1. The number of halogens is 1. The fourth-order valence-corrected chi connectivity index (χ4v) is 1.53. The number of hydrogen-bond acceptors (Lipinski definition) is 3. The maximum atomic E-state index is 11.7. The second-order valence-corrected chi connectivity index (χ2v) is 3.69. The van der Waals surface area contributed by atoms with Crippen LogP contribution in [0.15, 0.2) is 46.1 Å². The fraction of sp³-hybridized carbons (Fsp3) is 0. The number of carbonyl (C=O) groups excluding carboxylic acids is 1. The minimum Gasteiger partial charge on any atom is -0.459 e. The summed E-state index contributed by atoms with van der Waals surface area (Å²) in [7, 11) is 0. The molecule has 0 aliphatic rings. The van der Waals surface area contributed by atoms with Crippen molar-refractivity contribution in [3.8, 4) is 0 Å². The van der Waals surface area contributed by atoms with Gasteiger partial charge >= 0.3 is 0 Å². The molecule has 0 atom stereocenters. The van der Waals surface area contributed by atoms with Crippen LogP contribution < -0.4 is 5.32 Å². The number of nitrogens with one attached hydrogen (secondary N) is 1. The predicted molar refractivity (Wildman–Crippen MR) is 66.9 cm³/mol. The van der Waals surface area contributed by atoms with Crippen LogP contribution in [-0.4, -0.2) is 5.91 Å². The zero-order chi connectivity index (χ0) is 13.0. The molecule has 1 amide bonds. The molecule has 6 nitrogen and oxygen atoms in total. The summed E-state index contributed by atoms with van der Waals surface area (Å²) in [4.78, 5) is 14.3. The first kappa shape index (κ1) is 12.0. The molecule has 1 aromatic heterocycles. The van der Waals surface area contributed by atoms with Crippen LogP contribution in [0.2, 0.25) is 5.02 Å². The van der Waals surface area contributed by atoms with Crippen molar-refractivity contribution < 1.29 is 9.21 Å². The van der Waals surface area contributed by atoms with Crippen molar-refractivity contribution in [2.24, 2.45) is 5.11 Å². The number of rotatable bonds is 3. The average molecular weight is 263 g/mol. The van der Waals surface area contributed by atoms with Crippen LogP contribution in [0.5, 0.6) is 0 Å². The van der Waals surface area contributed by atoms with Crippen molar-refractivity contribution >= 4 is 28.9 Å². The Labute approximate surface area is 107 Å². The molecule has 0 saturated carbocycles. The van der Waals surface area contributed by atoms with Gasteiger partial charge in [-0.15, -0.1) is 0 Å². The van der Waals surface area contributed by atoms with E-state index in [1.165, 1.54) is 18.4 Å². The van der Waals surface area contributed by atoms with E-state index in [1.807, 2.05) is 0 Å². The Morgan fingerprint density at radius 3 is 2.89 bits per heavy atom. The lowest BCUT2D eigenvalue weighted by atomic mass is 10.2. The first-order valence-electron chi connectivity index (χ1n) is 4.90. The second-order valence-electron chi connectivity index (χ2n) is 3.29. The van der Waals surface area contributed by atoms with E-state index in [-0.39, 0.29) is 10.8 Å². The quantitative estimate of drug-likeness (QED) is 0.512. The van der Waals surface area contributed by atoms with Crippen molar-refractivity contribution in [2.45, 2.75) is 0 Å². The molecule has 0 unspecified atom stereocenters. The maximum Gasteiger partial charge on any atom is 0.291 e. The van der Waals surface area contributed by atoms with E-state index in [4.69, 9.17) is 21.5 Å². The molecule has 7 heteroatoms. The van der Waals surface area contributed by atoms with E-state index in [0.717, 1.165) is 0 Å². The van der Waals surface area contributed by atoms with Crippen molar-refractivity contribution in [3.05, 3.63) is 57.8 Å². The molecule has 18 heavy (non-hydrogen) atoms. The summed E-state index contributed by atoms with van der Waals surface area (Å²) in [5.74, 6) is -0.219. The number of hydrogen-bond donors (Lipinski definition) is 1. The zero-order valence-electron chi connectivity index (χ0n) is 9.00. The SMILES string of the molecule is [N-]=[N+]=Nc1ccc(NC(=O)c2ccco2)c(Cl)c1. The van der Waals surface area contributed by atoms with Crippen LogP contribution in [0.1, 0.15) is 10.6 Å². The summed E-state index contributed by atoms with van der Waals surface area (Å²) < 4.78 is 4.95. The molecule has 1 aromatic carbocycles. The van der Waals surface area contributed by atoms with E-state index in [0.29, 0.717) is 11.4 Å². The standard InChI is InChI=1S/C11H7ClN4O2/c12-8-6-7(15-16-13)3-4-9(8)14-11(17)10-2-1-5-18-10/h1-6H,(H,14,17). The van der Waals surface area contributed by atoms with Crippen molar-refractivity contribution in [2.75, 3.05) is 5.32 Å². The summed E-state index contributed by atoms with van der Waals surface area (Å²) in [5, 5.41) is 6.26. The highest BCUT2D eigenvalue weighted by atomic mass is 35.5. The summed E-state index contributed by atoms with van der Waals surface area (Å²) in [5.41, 5.74) is 9.07. The van der Waals surface area contributed by atoms with Crippen LogP contribution in [0.4, 0.5) is 11.4 Å². The first-order chi connectivity index (χ1) is 8.70. The van der Waals surface area contributed by atoms with Gasteiger partial charge in [-0.2, -0.15) is 0 Å². The van der Waals surface area contributed by atoms with Gasteiger partial charge in [0.2, 0.25) is 0 Å². The minimum atomic E-state index is -0.404. The molecule has 0 fully saturated rings. The fourth-order valence-electron chi connectivity index (χ4n) is 1.31. The van der Waals surface area contributed by atoms with Gasteiger partial charge in [0, 0.05) is 10.6 Å². The Kier molecular flexibility index (Phi) is 3.52. The Morgan fingerprint density at radius 1 is 1.44 bits per heavy atom. The number of nitrogens with zero attached hydrogens (tertiary/aromatic N) is 3. The molecule has 0 bridgehead atoms.